The molecule has 312 valence electrons. The molecule has 4 rings (SSSR count). The number of benzene rings is 3. The molecule has 0 spiro atoms. The number of aliphatic hydroxyl groups is 2. The average Bonchev–Trinajstić information content (AvgIpc) is 3.23. The second-order valence-electron chi connectivity index (χ2n) is 12.0. The van der Waals surface area contributed by atoms with Gasteiger partial charge in [0.25, 0.3) is 0 Å². The van der Waals surface area contributed by atoms with Crippen LogP contribution in [0.4, 0.5) is 11.9 Å². The third-order valence-electron chi connectivity index (χ3n) is 7.89. The van der Waals surface area contributed by atoms with Crippen LogP contribution in [0.1, 0.15) is 11.1 Å². The van der Waals surface area contributed by atoms with Crippen molar-refractivity contribution in [2.24, 2.45) is 0 Å². The standard InChI is InChI=1S/C41H56N5O10.Mo/c1-2-49-22-23-53-29-31-56-38-15-9-7-13-36(38)33-46(16-19-50-24-25-51-20-17-47)41-44-39(34-10-4-3-5-11-34)43-40(45-41)42-32-35-12-6-8-14-37(35)55-30-28-54-27-26-52-21-18-48;/h3-15,47-48H,1-2,16-33H2,(H,42,43,44,45);/q-1;. The molecular formula is C41H56MoN5O10-. The number of hydrogen-bond acceptors (Lipinski definition) is 15. The Morgan fingerprint density at radius 3 is 1.67 bits per heavy atom. The van der Waals surface area contributed by atoms with Gasteiger partial charge in [0.05, 0.1) is 85.9 Å². The quantitative estimate of drug-likeness (QED) is 0.0368. The van der Waals surface area contributed by atoms with Gasteiger partial charge in [-0.15, -0.1) is 0 Å². The second kappa shape index (κ2) is 30.3. The number of nitrogens with zero attached hydrogens (tertiary/aromatic N) is 4. The zero-order chi connectivity index (χ0) is 39.3. The number of hydrogen-bond donors (Lipinski definition) is 3. The Kier molecular flexibility index (Phi) is 25.3. The van der Waals surface area contributed by atoms with Crippen LogP contribution in [-0.4, -0.2) is 137 Å². The molecule has 15 nitrogen and oxygen atoms in total. The van der Waals surface area contributed by atoms with E-state index >= 15 is 0 Å². The van der Waals surface area contributed by atoms with Gasteiger partial charge < -0.3 is 65.2 Å². The first-order chi connectivity index (χ1) is 27.7. The summed E-state index contributed by atoms with van der Waals surface area (Å²) in [7, 11) is 0. The summed E-state index contributed by atoms with van der Waals surface area (Å²) in [6.45, 7) is 10.3. The van der Waals surface area contributed by atoms with Crippen LogP contribution in [0.15, 0.2) is 78.9 Å². The van der Waals surface area contributed by atoms with Gasteiger partial charge in [0.1, 0.15) is 24.7 Å². The topological polar surface area (TPSA) is 168 Å². The molecule has 4 aromatic rings. The van der Waals surface area contributed by atoms with Gasteiger partial charge >= 0.3 is 0 Å². The van der Waals surface area contributed by atoms with Crippen molar-refractivity contribution >= 4 is 11.9 Å². The van der Waals surface area contributed by atoms with Crippen LogP contribution in [0.3, 0.4) is 0 Å². The maximum absolute atomic E-state index is 9.03. The molecule has 0 fully saturated rings. The molecule has 0 bridgehead atoms. The first kappa shape index (κ1) is 47.6. The summed E-state index contributed by atoms with van der Waals surface area (Å²) in [6.07, 6.45) is 0. The fraction of sp³-hybridized carbons (Fsp3) is 0.463. The van der Waals surface area contributed by atoms with E-state index < -0.39 is 0 Å². The summed E-state index contributed by atoms with van der Waals surface area (Å²) >= 11 is 0. The van der Waals surface area contributed by atoms with Crippen molar-refractivity contribution in [3.8, 4) is 22.9 Å². The molecule has 0 aliphatic rings. The molecule has 1 heterocycles. The fourth-order valence-electron chi connectivity index (χ4n) is 5.19. The van der Waals surface area contributed by atoms with E-state index in [9.17, 15) is 0 Å². The van der Waals surface area contributed by atoms with Gasteiger partial charge in [-0.05, 0) is 12.1 Å². The minimum Gasteiger partial charge on any atom is -0.491 e. The second-order valence-corrected chi connectivity index (χ2v) is 12.0. The van der Waals surface area contributed by atoms with Crippen molar-refractivity contribution in [1.29, 1.82) is 0 Å². The first-order valence-electron chi connectivity index (χ1n) is 18.9. The van der Waals surface area contributed by atoms with E-state index in [1.807, 2.05) is 83.8 Å². The van der Waals surface area contributed by atoms with Crippen LogP contribution in [0.25, 0.3) is 11.4 Å². The van der Waals surface area contributed by atoms with Crippen LogP contribution in [0.5, 0.6) is 11.5 Å². The maximum atomic E-state index is 9.03. The zero-order valence-corrected chi connectivity index (χ0v) is 34.5. The Hall–Kier alpha value is -3.76. The number of rotatable bonds is 32. The van der Waals surface area contributed by atoms with Crippen molar-refractivity contribution in [2.45, 2.75) is 13.1 Å². The van der Waals surface area contributed by atoms with Gasteiger partial charge in [-0.3, -0.25) is 0 Å². The van der Waals surface area contributed by atoms with E-state index in [0.717, 1.165) is 22.4 Å². The summed E-state index contributed by atoms with van der Waals surface area (Å²) in [4.78, 5) is 16.7. The van der Waals surface area contributed by atoms with E-state index in [1.54, 1.807) is 0 Å². The summed E-state index contributed by atoms with van der Waals surface area (Å²) in [5.41, 5.74) is 2.69. The summed E-state index contributed by atoms with van der Waals surface area (Å²) in [5, 5.41) is 21.3. The van der Waals surface area contributed by atoms with Gasteiger partial charge in [-0.2, -0.15) is 15.0 Å². The van der Waals surface area contributed by atoms with Crippen molar-refractivity contribution < 1.29 is 69.2 Å². The van der Waals surface area contributed by atoms with Gasteiger partial charge in [-0.25, -0.2) is 0 Å². The number of nitrogens with one attached hydrogen (secondary N) is 1. The molecule has 0 saturated heterocycles. The monoisotopic (exact) mass is 876 g/mol. The van der Waals surface area contributed by atoms with Crippen molar-refractivity contribution in [1.82, 2.24) is 15.0 Å². The predicted molar refractivity (Wildman–Crippen MR) is 212 cm³/mol. The molecule has 0 amide bonds. The third-order valence-corrected chi connectivity index (χ3v) is 7.89. The fourth-order valence-corrected chi connectivity index (χ4v) is 5.19. The van der Waals surface area contributed by atoms with E-state index in [4.69, 9.17) is 63.1 Å². The van der Waals surface area contributed by atoms with Gasteiger partial charge in [0, 0.05) is 57.4 Å². The normalized spacial score (nSPS) is 10.9. The maximum Gasteiger partial charge on any atom is 0.231 e. The van der Waals surface area contributed by atoms with Crippen LogP contribution in [0, 0.1) is 6.92 Å². The number of para-hydroxylation sites is 2. The summed E-state index contributed by atoms with van der Waals surface area (Å²) in [6, 6.07) is 25.4. The molecule has 0 atom stereocenters. The molecule has 0 aliphatic heterocycles. The number of anilines is 2. The Morgan fingerprint density at radius 2 is 1.05 bits per heavy atom. The van der Waals surface area contributed by atoms with Crippen molar-refractivity contribution in [3.63, 3.8) is 0 Å². The summed E-state index contributed by atoms with van der Waals surface area (Å²) in [5.74, 6) is 2.79. The minimum absolute atomic E-state index is 0. The van der Waals surface area contributed by atoms with Crippen LogP contribution >= 0.6 is 0 Å². The molecule has 3 N–H and O–H groups in total. The number of ether oxygens (including phenoxy) is 8. The van der Waals surface area contributed by atoms with Gasteiger partial charge in [0.15, 0.2) is 5.82 Å². The molecule has 3 aromatic carbocycles. The first-order valence-corrected chi connectivity index (χ1v) is 18.9. The van der Waals surface area contributed by atoms with Crippen molar-refractivity contribution in [2.75, 3.05) is 122 Å². The molecule has 0 aliphatic carbocycles. The molecule has 0 unspecified atom stereocenters. The van der Waals surface area contributed by atoms with Crippen LogP contribution in [-0.2, 0) is 62.6 Å². The third kappa shape index (κ3) is 19.0. The molecule has 0 radical (unpaired) electrons. The zero-order valence-electron chi connectivity index (χ0n) is 32.5. The number of aliphatic hydroxyl groups excluding tert-OH is 2. The average molecular weight is 875 g/mol. The van der Waals surface area contributed by atoms with Crippen LogP contribution in [0.2, 0.25) is 0 Å². The largest absolute Gasteiger partial charge is 0.491 e. The van der Waals surface area contributed by atoms with Gasteiger partial charge in [0.2, 0.25) is 11.9 Å². The SMILES string of the molecule is [CH2-]COCCOCCOc1ccccc1CN(CCOCCOCCO)c1nc(NCc2ccccc2OCCOCCOCCO)nc(-c2ccccc2)n1.[Mo]. The summed E-state index contributed by atoms with van der Waals surface area (Å²) < 4.78 is 45.2. The molecule has 0 saturated carbocycles. The minimum atomic E-state index is -0.0388. The van der Waals surface area contributed by atoms with E-state index in [0.29, 0.717) is 129 Å². The Balaban J connectivity index is 0.00000870. The predicted octanol–water partition coefficient (Wildman–Crippen LogP) is 3.83. The van der Waals surface area contributed by atoms with E-state index in [-0.39, 0.29) is 40.9 Å². The Labute approximate surface area is 350 Å². The van der Waals surface area contributed by atoms with Crippen molar-refractivity contribution in [3.05, 3.63) is 96.9 Å². The van der Waals surface area contributed by atoms with Gasteiger partial charge in [-0.1, -0.05) is 73.3 Å². The smallest absolute Gasteiger partial charge is 0.231 e. The Bertz CT molecular complexity index is 1610. The molecular weight excluding hydrogens is 818 g/mol. The molecule has 57 heavy (non-hydrogen) atoms. The Morgan fingerprint density at radius 1 is 0.544 bits per heavy atom. The van der Waals surface area contributed by atoms with Crippen LogP contribution < -0.4 is 19.7 Å². The van der Waals surface area contributed by atoms with E-state index in [2.05, 4.69) is 12.2 Å². The molecule has 1 aromatic heterocycles. The van der Waals surface area contributed by atoms with E-state index in [1.165, 1.54) is 0 Å². The number of aromatic nitrogens is 3. The molecule has 16 heteroatoms.